The van der Waals surface area contributed by atoms with E-state index in [2.05, 4.69) is 43.8 Å². The fraction of sp³-hybridized carbons (Fsp3) is 0.190. The minimum Gasteiger partial charge on any atom is -0.496 e. The molecule has 0 radical (unpaired) electrons. The van der Waals surface area contributed by atoms with Crippen molar-refractivity contribution in [2.24, 2.45) is 0 Å². The molecule has 3 aromatic heterocycles. The van der Waals surface area contributed by atoms with Gasteiger partial charge in [0.05, 0.1) is 7.11 Å². The van der Waals surface area contributed by atoms with Gasteiger partial charge in [0.15, 0.2) is 5.65 Å². The van der Waals surface area contributed by atoms with E-state index >= 15 is 0 Å². The molecular formula is C21H20N4O. The number of rotatable bonds is 5. The zero-order chi connectivity index (χ0) is 17.9. The van der Waals surface area contributed by atoms with Crippen molar-refractivity contribution in [1.82, 2.24) is 19.6 Å². The molecule has 0 unspecified atom stereocenters. The van der Waals surface area contributed by atoms with Crippen LogP contribution in [0.15, 0.2) is 61.1 Å². The average Bonchev–Trinajstić information content (AvgIpc) is 3.17. The third kappa shape index (κ3) is 3.04. The lowest BCUT2D eigenvalue weighted by atomic mass is 10.0. The number of benzene rings is 1. The molecule has 0 spiro atoms. The normalized spacial score (nSPS) is 11.0. The number of aryl methyl sites for hydroxylation is 3. The van der Waals surface area contributed by atoms with Crippen molar-refractivity contribution in [2.45, 2.75) is 19.8 Å². The molecule has 0 aliphatic rings. The minimum atomic E-state index is 0.855. The third-order valence-electron chi connectivity index (χ3n) is 4.61. The fourth-order valence-electron chi connectivity index (χ4n) is 3.19. The van der Waals surface area contributed by atoms with Crippen LogP contribution in [0.5, 0.6) is 5.75 Å². The Hall–Kier alpha value is -3.21. The molecule has 130 valence electrons. The first-order valence-corrected chi connectivity index (χ1v) is 8.63. The van der Waals surface area contributed by atoms with Gasteiger partial charge in [0.1, 0.15) is 12.1 Å². The van der Waals surface area contributed by atoms with Gasteiger partial charge in [-0.05, 0) is 49.6 Å². The lowest BCUT2D eigenvalue weighted by Gasteiger charge is -2.11. The lowest BCUT2D eigenvalue weighted by Crippen LogP contribution is -2.01. The second kappa shape index (κ2) is 6.96. The van der Waals surface area contributed by atoms with Crippen LogP contribution in [-0.2, 0) is 12.8 Å². The minimum absolute atomic E-state index is 0.855. The maximum atomic E-state index is 5.45. The molecular weight excluding hydrogens is 324 g/mol. The maximum absolute atomic E-state index is 5.45. The molecule has 3 heterocycles. The predicted octanol–water partition coefficient (Wildman–Crippen LogP) is 3.89. The Bertz CT molecular complexity index is 1040. The summed E-state index contributed by atoms with van der Waals surface area (Å²) >= 11 is 0. The Balaban J connectivity index is 1.66. The first-order valence-electron chi connectivity index (χ1n) is 8.63. The van der Waals surface area contributed by atoms with E-state index in [0.29, 0.717) is 0 Å². The lowest BCUT2D eigenvalue weighted by molar-refractivity contribution is 0.409. The fourth-order valence-corrected chi connectivity index (χ4v) is 3.19. The largest absolute Gasteiger partial charge is 0.496 e. The van der Waals surface area contributed by atoms with Gasteiger partial charge in [-0.1, -0.05) is 24.3 Å². The molecule has 0 aliphatic heterocycles. The Labute approximate surface area is 152 Å². The van der Waals surface area contributed by atoms with E-state index in [1.54, 1.807) is 13.4 Å². The Morgan fingerprint density at radius 1 is 1.00 bits per heavy atom. The topological polar surface area (TPSA) is 52.3 Å². The van der Waals surface area contributed by atoms with Crippen molar-refractivity contribution in [2.75, 3.05) is 7.11 Å². The molecule has 26 heavy (non-hydrogen) atoms. The highest BCUT2D eigenvalue weighted by Crippen LogP contribution is 2.25. The van der Waals surface area contributed by atoms with Gasteiger partial charge in [-0.15, -0.1) is 10.2 Å². The molecule has 0 fully saturated rings. The number of ether oxygens (including phenoxy) is 1. The predicted molar refractivity (Wildman–Crippen MR) is 101 cm³/mol. The van der Waals surface area contributed by atoms with Crippen molar-refractivity contribution < 1.29 is 4.74 Å². The van der Waals surface area contributed by atoms with Gasteiger partial charge in [0.2, 0.25) is 0 Å². The molecule has 0 bridgehead atoms. The summed E-state index contributed by atoms with van der Waals surface area (Å²) in [5.41, 5.74) is 6.30. The maximum Gasteiger partial charge on any atom is 0.168 e. The summed E-state index contributed by atoms with van der Waals surface area (Å²) in [6, 6.07) is 16.5. The smallest absolute Gasteiger partial charge is 0.168 e. The zero-order valence-electron chi connectivity index (χ0n) is 14.9. The molecule has 0 aliphatic carbocycles. The highest BCUT2D eigenvalue weighted by Gasteiger charge is 2.11. The average molecular weight is 344 g/mol. The van der Waals surface area contributed by atoms with E-state index in [4.69, 9.17) is 4.74 Å². The second-order valence-electron chi connectivity index (χ2n) is 6.26. The monoisotopic (exact) mass is 344 g/mol. The molecule has 0 saturated heterocycles. The number of para-hydroxylation sites is 1. The van der Waals surface area contributed by atoms with Gasteiger partial charge < -0.3 is 4.74 Å². The van der Waals surface area contributed by atoms with E-state index in [1.807, 2.05) is 37.4 Å². The van der Waals surface area contributed by atoms with Gasteiger partial charge in [0, 0.05) is 28.7 Å². The number of hydrogen-bond donors (Lipinski definition) is 0. The number of hydrogen-bond acceptors (Lipinski definition) is 4. The van der Waals surface area contributed by atoms with Crippen LogP contribution < -0.4 is 4.74 Å². The Morgan fingerprint density at radius 2 is 1.88 bits per heavy atom. The van der Waals surface area contributed by atoms with Crippen molar-refractivity contribution >= 4 is 5.65 Å². The van der Waals surface area contributed by atoms with E-state index in [0.717, 1.165) is 41.1 Å². The van der Waals surface area contributed by atoms with Gasteiger partial charge >= 0.3 is 0 Å². The molecule has 4 aromatic rings. The van der Waals surface area contributed by atoms with Gasteiger partial charge in [-0.2, -0.15) is 0 Å². The van der Waals surface area contributed by atoms with Crippen LogP contribution in [0.1, 0.15) is 17.0 Å². The number of fused-ring (bicyclic) bond motifs is 1. The second-order valence-corrected chi connectivity index (χ2v) is 6.26. The van der Waals surface area contributed by atoms with Gasteiger partial charge in [0.25, 0.3) is 0 Å². The van der Waals surface area contributed by atoms with E-state index in [1.165, 1.54) is 11.3 Å². The van der Waals surface area contributed by atoms with Crippen molar-refractivity contribution in [3.05, 3.63) is 78.0 Å². The van der Waals surface area contributed by atoms with Crippen LogP contribution in [0, 0.1) is 6.92 Å². The summed E-state index contributed by atoms with van der Waals surface area (Å²) in [7, 11) is 1.71. The van der Waals surface area contributed by atoms with E-state index in [-0.39, 0.29) is 0 Å². The number of aromatic nitrogens is 4. The van der Waals surface area contributed by atoms with Crippen LogP contribution in [0.2, 0.25) is 0 Å². The highest BCUT2D eigenvalue weighted by atomic mass is 16.5. The molecule has 5 nitrogen and oxygen atoms in total. The quantitative estimate of drug-likeness (QED) is 0.551. The summed E-state index contributed by atoms with van der Waals surface area (Å²) in [5, 5.41) is 8.45. The number of pyridine rings is 2. The number of methoxy groups -OCH3 is 1. The summed E-state index contributed by atoms with van der Waals surface area (Å²) < 4.78 is 7.51. The summed E-state index contributed by atoms with van der Waals surface area (Å²) in [5.74, 6) is 0.926. The van der Waals surface area contributed by atoms with Crippen molar-refractivity contribution in [3.63, 3.8) is 0 Å². The molecule has 0 amide bonds. The zero-order valence-corrected chi connectivity index (χ0v) is 14.9. The molecule has 0 N–H and O–H groups in total. The summed E-state index contributed by atoms with van der Waals surface area (Å²) in [6.45, 7) is 1.98. The Kier molecular flexibility index (Phi) is 4.35. The third-order valence-corrected chi connectivity index (χ3v) is 4.61. The van der Waals surface area contributed by atoms with Crippen molar-refractivity contribution in [1.29, 1.82) is 0 Å². The van der Waals surface area contributed by atoms with Gasteiger partial charge in [-0.3, -0.25) is 9.38 Å². The molecule has 0 atom stereocenters. The molecule has 1 aromatic carbocycles. The van der Waals surface area contributed by atoms with Gasteiger partial charge in [-0.25, -0.2) is 0 Å². The molecule has 4 rings (SSSR count). The summed E-state index contributed by atoms with van der Waals surface area (Å²) in [4.78, 5) is 4.39. The number of nitrogens with zero attached hydrogens (tertiary/aromatic N) is 4. The highest BCUT2D eigenvalue weighted by molar-refractivity contribution is 5.77. The molecule has 5 heteroatoms. The molecule has 0 saturated carbocycles. The van der Waals surface area contributed by atoms with E-state index < -0.39 is 0 Å². The standard InChI is InChI=1S/C21H20N4O/c1-15-7-8-17(13-22-15)19-12-11-18(25-14-23-24-21(19)25)10-9-16-5-3-4-6-20(16)26-2/h3-8,11-14H,9-10H2,1-2H3. The van der Waals surface area contributed by atoms with Crippen LogP contribution in [-0.4, -0.2) is 26.7 Å². The first-order chi connectivity index (χ1) is 12.8. The van der Waals surface area contributed by atoms with Crippen LogP contribution in [0.3, 0.4) is 0 Å². The van der Waals surface area contributed by atoms with Crippen LogP contribution >= 0.6 is 0 Å². The van der Waals surface area contributed by atoms with Crippen molar-refractivity contribution in [3.8, 4) is 16.9 Å². The van der Waals surface area contributed by atoms with Crippen LogP contribution in [0.4, 0.5) is 0 Å². The first kappa shape index (κ1) is 16.3. The SMILES string of the molecule is COc1ccccc1CCc1ccc(-c2ccc(C)nc2)c2nncn12. The Morgan fingerprint density at radius 3 is 2.69 bits per heavy atom. The van der Waals surface area contributed by atoms with E-state index in [9.17, 15) is 0 Å². The summed E-state index contributed by atoms with van der Waals surface area (Å²) in [6.07, 6.45) is 5.43. The van der Waals surface area contributed by atoms with Crippen LogP contribution in [0.25, 0.3) is 16.8 Å².